The van der Waals surface area contributed by atoms with Crippen molar-refractivity contribution < 1.29 is 18.9 Å². The zero-order valence-corrected chi connectivity index (χ0v) is 16.1. The van der Waals surface area contributed by atoms with Crippen LogP contribution in [-0.4, -0.2) is 23.7 Å². The van der Waals surface area contributed by atoms with Gasteiger partial charge in [0, 0.05) is 22.2 Å². The topological polar surface area (TPSA) is 107 Å². The van der Waals surface area contributed by atoms with Gasteiger partial charge in [-0.2, -0.15) is 5.10 Å². The Kier molecular flexibility index (Phi) is 6.25. The Labute approximate surface area is 170 Å². The maximum atomic E-state index is 11.8. The lowest BCUT2D eigenvalue weighted by Crippen LogP contribution is -2.24. The molecule has 29 heavy (non-hydrogen) atoms. The number of hydrogen-bond donors (Lipinski definition) is 1. The van der Waals surface area contributed by atoms with Crippen molar-refractivity contribution in [1.29, 1.82) is 0 Å². The molecule has 2 aromatic carbocycles. The van der Waals surface area contributed by atoms with Gasteiger partial charge in [0.2, 0.25) is 0 Å². The predicted molar refractivity (Wildman–Crippen MR) is 108 cm³/mol. The highest BCUT2D eigenvalue weighted by Gasteiger charge is 2.13. The van der Waals surface area contributed by atoms with Gasteiger partial charge >= 0.3 is 0 Å². The van der Waals surface area contributed by atoms with Gasteiger partial charge in [0.1, 0.15) is 17.3 Å². The standard InChI is InChI=1S/C20H16ClN3O5/c1-13-2-3-14(10-18(13)24(26)27)19-9-8-17(29-19)11-22-23-20(25)12-28-16-6-4-15(21)5-7-16/h2-11H,12H2,1H3,(H,23,25)/b22-11-. The first kappa shape index (κ1) is 20.1. The summed E-state index contributed by atoms with van der Waals surface area (Å²) in [6, 6.07) is 14.8. The molecule has 1 heterocycles. The minimum absolute atomic E-state index is 0.0158. The number of nitro groups is 1. The average Bonchev–Trinajstić information content (AvgIpc) is 3.16. The van der Waals surface area contributed by atoms with Gasteiger partial charge in [-0.15, -0.1) is 0 Å². The molecule has 0 fully saturated rings. The van der Waals surface area contributed by atoms with Gasteiger partial charge in [0.15, 0.2) is 6.61 Å². The maximum absolute atomic E-state index is 11.8. The summed E-state index contributed by atoms with van der Waals surface area (Å²) in [7, 11) is 0. The Morgan fingerprint density at radius 3 is 2.72 bits per heavy atom. The van der Waals surface area contributed by atoms with E-state index in [1.165, 1.54) is 12.3 Å². The number of hydrazone groups is 1. The number of furan rings is 1. The third-order valence-corrected chi connectivity index (χ3v) is 4.13. The van der Waals surface area contributed by atoms with Crippen molar-refractivity contribution in [2.45, 2.75) is 6.92 Å². The third-order valence-electron chi connectivity index (χ3n) is 3.88. The highest BCUT2D eigenvalue weighted by molar-refractivity contribution is 6.30. The largest absolute Gasteiger partial charge is 0.484 e. The molecular formula is C20H16ClN3O5. The van der Waals surface area contributed by atoms with Crippen LogP contribution >= 0.6 is 11.6 Å². The average molecular weight is 414 g/mol. The Morgan fingerprint density at radius 2 is 2.00 bits per heavy atom. The van der Waals surface area contributed by atoms with Crippen molar-refractivity contribution in [3.8, 4) is 17.1 Å². The number of hydrogen-bond acceptors (Lipinski definition) is 6. The van der Waals surface area contributed by atoms with Gasteiger partial charge in [-0.25, -0.2) is 5.43 Å². The van der Waals surface area contributed by atoms with Crippen LogP contribution in [0.1, 0.15) is 11.3 Å². The second-order valence-corrected chi connectivity index (χ2v) is 6.43. The summed E-state index contributed by atoms with van der Waals surface area (Å²) in [5, 5.41) is 15.5. The molecule has 9 heteroatoms. The fourth-order valence-electron chi connectivity index (χ4n) is 2.42. The van der Waals surface area contributed by atoms with E-state index in [0.29, 0.717) is 33.4 Å². The van der Waals surface area contributed by atoms with Crippen LogP contribution in [0.15, 0.2) is 64.1 Å². The van der Waals surface area contributed by atoms with Crippen LogP contribution < -0.4 is 10.2 Å². The molecule has 0 unspecified atom stereocenters. The van der Waals surface area contributed by atoms with Gasteiger partial charge < -0.3 is 9.15 Å². The molecule has 0 aliphatic heterocycles. The summed E-state index contributed by atoms with van der Waals surface area (Å²) in [6.45, 7) is 1.46. The fourth-order valence-corrected chi connectivity index (χ4v) is 2.54. The fraction of sp³-hybridized carbons (Fsp3) is 0.100. The molecule has 0 spiro atoms. The van der Waals surface area contributed by atoms with Crippen LogP contribution in [0.4, 0.5) is 5.69 Å². The Balaban J connectivity index is 1.56. The Morgan fingerprint density at radius 1 is 1.24 bits per heavy atom. The Hall–Kier alpha value is -3.65. The number of nitrogens with one attached hydrogen (secondary N) is 1. The molecule has 148 valence electrons. The van der Waals surface area contributed by atoms with E-state index in [-0.39, 0.29) is 12.3 Å². The quantitative estimate of drug-likeness (QED) is 0.352. The summed E-state index contributed by atoms with van der Waals surface area (Å²) in [5.41, 5.74) is 3.48. The van der Waals surface area contributed by atoms with Crippen molar-refractivity contribution in [2.75, 3.05) is 6.61 Å². The molecule has 1 amide bonds. The molecule has 0 radical (unpaired) electrons. The van der Waals surface area contributed by atoms with Gasteiger partial charge in [0.25, 0.3) is 11.6 Å². The van der Waals surface area contributed by atoms with E-state index in [1.54, 1.807) is 55.5 Å². The minimum Gasteiger partial charge on any atom is -0.484 e. The zero-order valence-electron chi connectivity index (χ0n) is 15.3. The van der Waals surface area contributed by atoms with E-state index >= 15 is 0 Å². The SMILES string of the molecule is Cc1ccc(-c2ccc(/C=N\NC(=O)COc3ccc(Cl)cc3)o2)cc1[N+](=O)[O-]. The summed E-state index contributed by atoms with van der Waals surface area (Å²) in [6.07, 6.45) is 1.33. The number of carbonyl (C=O) groups is 1. The molecule has 0 bridgehead atoms. The lowest BCUT2D eigenvalue weighted by atomic mass is 10.1. The van der Waals surface area contributed by atoms with E-state index in [9.17, 15) is 14.9 Å². The molecular weight excluding hydrogens is 398 g/mol. The highest BCUT2D eigenvalue weighted by atomic mass is 35.5. The van der Waals surface area contributed by atoms with E-state index in [0.717, 1.165) is 0 Å². The van der Waals surface area contributed by atoms with Crippen LogP contribution in [0.5, 0.6) is 5.75 Å². The van der Waals surface area contributed by atoms with E-state index in [4.69, 9.17) is 20.8 Å². The maximum Gasteiger partial charge on any atom is 0.277 e. The van der Waals surface area contributed by atoms with Crippen molar-refractivity contribution in [3.05, 3.63) is 81.1 Å². The van der Waals surface area contributed by atoms with Crippen LogP contribution in [0, 0.1) is 17.0 Å². The second kappa shape index (κ2) is 9.03. The molecule has 3 aromatic rings. The van der Waals surface area contributed by atoms with Gasteiger partial charge in [-0.3, -0.25) is 14.9 Å². The number of nitrogens with zero attached hydrogens (tertiary/aromatic N) is 2. The lowest BCUT2D eigenvalue weighted by Gasteiger charge is -2.04. The van der Waals surface area contributed by atoms with Crippen molar-refractivity contribution in [1.82, 2.24) is 5.43 Å². The molecule has 0 aliphatic carbocycles. The first-order valence-corrected chi connectivity index (χ1v) is 8.85. The summed E-state index contributed by atoms with van der Waals surface area (Å²) in [5.74, 6) is 0.891. The molecule has 8 nitrogen and oxygen atoms in total. The monoisotopic (exact) mass is 413 g/mol. The van der Waals surface area contributed by atoms with Crippen LogP contribution in [0.3, 0.4) is 0 Å². The van der Waals surface area contributed by atoms with Crippen LogP contribution in [0.25, 0.3) is 11.3 Å². The first-order chi connectivity index (χ1) is 13.9. The smallest absolute Gasteiger partial charge is 0.277 e. The molecule has 0 aliphatic rings. The van der Waals surface area contributed by atoms with E-state index in [2.05, 4.69) is 10.5 Å². The van der Waals surface area contributed by atoms with Crippen molar-refractivity contribution >= 4 is 29.4 Å². The molecule has 1 aromatic heterocycles. The van der Waals surface area contributed by atoms with Crippen LogP contribution in [-0.2, 0) is 4.79 Å². The van der Waals surface area contributed by atoms with Gasteiger partial charge in [-0.1, -0.05) is 23.7 Å². The summed E-state index contributed by atoms with van der Waals surface area (Å²) in [4.78, 5) is 22.4. The van der Waals surface area contributed by atoms with Crippen molar-refractivity contribution in [3.63, 3.8) is 0 Å². The third kappa shape index (κ3) is 5.43. The lowest BCUT2D eigenvalue weighted by molar-refractivity contribution is -0.385. The number of benzene rings is 2. The van der Waals surface area contributed by atoms with Gasteiger partial charge in [-0.05, 0) is 43.3 Å². The van der Waals surface area contributed by atoms with Crippen molar-refractivity contribution in [2.24, 2.45) is 5.10 Å². The number of rotatable bonds is 7. The number of halogens is 1. The predicted octanol–water partition coefficient (Wildman–Crippen LogP) is 4.35. The molecule has 3 rings (SSSR count). The molecule has 0 atom stereocenters. The summed E-state index contributed by atoms with van der Waals surface area (Å²) < 4.78 is 10.9. The molecule has 0 saturated carbocycles. The van der Waals surface area contributed by atoms with E-state index in [1.807, 2.05) is 0 Å². The van der Waals surface area contributed by atoms with E-state index < -0.39 is 10.8 Å². The number of ether oxygens (including phenoxy) is 1. The molecule has 0 saturated heterocycles. The number of aryl methyl sites for hydroxylation is 1. The highest BCUT2D eigenvalue weighted by Crippen LogP contribution is 2.27. The number of amides is 1. The normalized spacial score (nSPS) is 10.8. The summed E-state index contributed by atoms with van der Waals surface area (Å²) >= 11 is 5.78. The first-order valence-electron chi connectivity index (χ1n) is 8.48. The molecule has 1 N–H and O–H groups in total. The number of carbonyl (C=O) groups excluding carboxylic acids is 1. The minimum atomic E-state index is -0.447. The second-order valence-electron chi connectivity index (χ2n) is 6.00. The zero-order chi connectivity index (χ0) is 20.8. The van der Waals surface area contributed by atoms with Crippen LogP contribution in [0.2, 0.25) is 5.02 Å². The van der Waals surface area contributed by atoms with Gasteiger partial charge in [0.05, 0.1) is 11.1 Å². The number of nitro benzene ring substituents is 1. The Bertz CT molecular complexity index is 1060.